The van der Waals surface area contributed by atoms with E-state index in [0.717, 1.165) is 11.4 Å². The van der Waals surface area contributed by atoms with Gasteiger partial charge in [-0.2, -0.15) is 5.10 Å². The lowest BCUT2D eigenvalue weighted by Gasteiger charge is -2.18. The summed E-state index contributed by atoms with van der Waals surface area (Å²) in [7, 11) is 0. The van der Waals surface area contributed by atoms with Gasteiger partial charge in [-0.3, -0.25) is 14.2 Å². The molecule has 0 radical (unpaired) electrons. The summed E-state index contributed by atoms with van der Waals surface area (Å²) in [5, 5.41) is 7.45. The number of aromatic nitrogens is 5. The molecule has 4 aromatic rings. The first kappa shape index (κ1) is 18.9. The molecule has 1 amide bonds. The molecular formula is C22H24N6O. The van der Waals surface area contributed by atoms with Crippen LogP contribution in [0.1, 0.15) is 36.8 Å². The highest BCUT2D eigenvalue weighted by molar-refractivity contribution is 5.99. The molecule has 7 nitrogen and oxygen atoms in total. The lowest BCUT2D eigenvalue weighted by atomic mass is 9.97. The highest BCUT2D eigenvalue weighted by Crippen LogP contribution is 2.25. The van der Waals surface area contributed by atoms with Gasteiger partial charge in [0.15, 0.2) is 11.5 Å². The predicted octanol–water partition coefficient (Wildman–Crippen LogP) is 3.67. The fourth-order valence-corrected chi connectivity index (χ4v) is 3.08. The lowest BCUT2D eigenvalue weighted by Crippen LogP contribution is -2.32. The number of rotatable bonds is 4. The molecule has 1 N–H and O–H groups in total. The summed E-state index contributed by atoms with van der Waals surface area (Å²) >= 11 is 0. The highest BCUT2D eigenvalue weighted by Gasteiger charge is 2.22. The first-order chi connectivity index (χ1) is 13.8. The Bertz CT molecular complexity index is 1160. The maximum absolute atomic E-state index is 12.8. The number of benzene rings is 1. The monoisotopic (exact) mass is 388 g/mol. The second-order valence-corrected chi connectivity index (χ2v) is 8.32. The number of aryl methyl sites for hydroxylation is 1. The van der Waals surface area contributed by atoms with E-state index < -0.39 is 0 Å². The Kier molecular flexibility index (Phi) is 4.66. The molecule has 0 unspecified atom stereocenters. The number of fused-ring (bicyclic) bond motifs is 1. The molecule has 0 aliphatic carbocycles. The SMILES string of the molecule is Cc1ccc(-n2nccc2-c2nc(C(=O)NCC(C)(C)C)c3cnccn23)cc1. The van der Waals surface area contributed by atoms with Crippen molar-refractivity contribution in [3.63, 3.8) is 0 Å². The zero-order valence-corrected chi connectivity index (χ0v) is 17.0. The largest absolute Gasteiger partial charge is 0.350 e. The van der Waals surface area contributed by atoms with E-state index in [4.69, 9.17) is 0 Å². The summed E-state index contributed by atoms with van der Waals surface area (Å²) in [5.74, 6) is 0.430. The highest BCUT2D eigenvalue weighted by atomic mass is 16.1. The maximum atomic E-state index is 12.8. The number of nitrogens with one attached hydrogen (secondary N) is 1. The minimum absolute atomic E-state index is 0.0175. The van der Waals surface area contributed by atoms with E-state index in [9.17, 15) is 4.79 Å². The van der Waals surface area contributed by atoms with Gasteiger partial charge in [-0.1, -0.05) is 38.5 Å². The molecular weight excluding hydrogens is 364 g/mol. The maximum Gasteiger partial charge on any atom is 0.272 e. The van der Waals surface area contributed by atoms with E-state index >= 15 is 0 Å². The van der Waals surface area contributed by atoms with Gasteiger partial charge in [0.25, 0.3) is 5.91 Å². The van der Waals surface area contributed by atoms with Crippen molar-refractivity contribution in [2.24, 2.45) is 5.41 Å². The molecule has 0 fully saturated rings. The van der Waals surface area contributed by atoms with Crippen molar-refractivity contribution in [2.45, 2.75) is 27.7 Å². The molecule has 0 aliphatic heterocycles. The van der Waals surface area contributed by atoms with Crippen molar-refractivity contribution >= 4 is 11.4 Å². The van der Waals surface area contributed by atoms with Gasteiger partial charge < -0.3 is 5.32 Å². The molecule has 0 saturated heterocycles. The lowest BCUT2D eigenvalue weighted by molar-refractivity contribution is 0.0936. The van der Waals surface area contributed by atoms with Crippen LogP contribution in [0.2, 0.25) is 0 Å². The minimum atomic E-state index is -0.210. The summed E-state index contributed by atoms with van der Waals surface area (Å²) in [4.78, 5) is 21.7. The number of carbonyl (C=O) groups excluding carboxylic acids is 1. The minimum Gasteiger partial charge on any atom is -0.350 e. The molecule has 29 heavy (non-hydrogen) atoms. The van der Waals surface area contributed by atoms with Crippen LogP contribution in [0.4, 0.5) is 0 Å². The van der Waals surface area contributed by atoms with Crippen LogP contribution >= 0.6 is 0 Å². The smallest absolute Gasteiger partial charge is 0.272 e. The average Bonchev–Trinajstić information content (AvgIpc) is 3.31. The summed E-state index contributed by atoms with van der Waals surface area (Å²) < 4.78 is 3.70. The summed E-state index contributed by atoms with van der Waals surface area (Å²) in [6, 6.07) is 10.0. The molecule has 7 heteroatoms. The van der Waals surface area contributed by atoms with Crippen molar-refractivity contribution in [3.05, 3.63) is 66.4 Å². The third kappa shape index (κ3) is 3.76. The summed E-state index contributed by atoms with van der Waals surface area (Å²) in [6.45, 7) is 8.83. The molecule has 0 atom stereocenters. The van der Waals surface area contributed by atoms with Gasteiger partial charge in [-0.05, 0) is 30.5 Å². The van der Waals surface area contributed by atoms with Crippen LogP contribution in [-0.4, -0.2) is 36.6 Å². The quantitative estimate of drug-likeness (QED) is 0.579. The average molecular weight is 388 g/mol. The fourth-order valence-electron chi connectivity index (χ4n) is 3.08. The first-order valence-electron chi connectivity index (χ1n) is 9.55. The van der Waals surface area contributed by atoms with Crippen LogP contribution < -0.4 is 5.32 Å². The van der Waals surface area contributed by atoms with Crippen molar-refractivity contribution in [2.75, 3.05) is 6.54 Å². The van der Waals surface area contributed by atoms with Gasteiger partial charge in [0.1, 0.15) is 5.69 Å². The zero-order valence-electron chi connectivity index (χ0n) is 17.0. The van der Waals surface area contributed by atoms with Gasteiger partial charge in [0.05, 0.1) is 23.6 Å². The summed E-state index contributed by atoms with van der Waals surface area (Å²) in [6.07, 6.45) is 6.89. The van der Waals surface area contributed by atoms with Gasteiger partial charge in [-0.15, -0.1) is 0 Å². The van der Waals surface area contributed by atoms with Gasteiger partial charge in [0, 0.05) is 18.9 Å². The molecule has 3 heterocycles. The molecule has 148 valence electrons. The second-order valence-electron chi connectivity index (χ2n) is 8.32. The molecule has 3 aromatic heterocycles. The van der Waals surface area contributed by atoms with Crippen molar-refractivity contribution in [3.8, 4) is 17.2 Å². The van der Waals surface area contributed by atoms with E-state index in [0.29, 0.717) is 23.6 Å². The second kappa shape index (κ2) is 7.16. The van der Waals surface area contributed by atoms with Crippen LogP contribution in [-0.2, 0) is 0 Å². The normalized spacial score (nSPS) is 11.7. The fraction of sp³-hybridized carbons (Fsp3) is 0.273. The number of nitrogens with zero attached hydrogens (tertiary/aromatic N) is 5. The van der Waals surface area contributed by atoms with E-state index in [1.807, 2.05) is 52.5 Å². The van der Waals surface area contributed by atoms with Gasteiger partial charge in [-0.25, -0.2) is 9.67 Å². The molecule has 0 saturated carbocycles. The Balaban J connectivity index is 1.80. The van der Waals surface area contributed by atoms with Gasteiger partial charge >= 0.3 is 0 Å². The standard InChI is InChI=1S/C22H24N6O/c1-15-5-7-16(8-6-15)28-17(9-10-25-28)20-26-19(18-13-23-11-12-27(18)20)21(29)24-14-22(2,3)4/h5-13H,14H2,1-4H3,(H,24,29). The Morgan fingerprint density at radius 1 is 1.10 bits per heavy atom. The van der Waals surface area contributed by atoms with E-state index in [1.54, 1.807) is 18.6 Å². The Morgan fingerprint density at radius 3 is 2.59 bits per heavy atom. The Morgan fingerprint density at radius 2 is 1.86 bits per heavy atom. The molecule has 1 aromatic carbocycles. The van der Waals surface area contributed by atoms with Crippen LogP contribution in [0, 0.1) is 12.3 Å². The number of imidazole rings is 1. The summed E-state index contributed by atoms with van der Waals surface area (Å²) in [5.41, 5.74) is 3.90. The van der Waals surface area contributed by atoms with E-state index in [-0.39, 0.29) is 11.3 Å². The first-order valence-corrected chi connectivity index (χ1v) is 9.55. The molecule has 0 aliphatic rings. The third-order valence-electron chi connectivity index (χ3n) is 4.59. The van der Waals surface area contributed by atoms with Crippen LogP contribution in [0.5, 0.6) is 0 Å². The Labute approximate surface area is 169 Å². The number of carbonyl (C=O) groups is 1. The van der Waals surface area contributed by atoms with Crippen LogP contribution in [0.3, 0.4) is 0 Å². The molecule has 0 bridgehead atoms. The topological polar surface area (TPSA) is 77.1 Å². The van der Waals surface area contributed by atoms with E-state index in [2.05, 4.69) is 41.2 Å². The number of hydrogen-bond donors (Lipinski definition) is 1. The van der Waals surface area contributed by atoms with Crippen LogP contribution in [0.15, 0.2) is 55.1 Å². The van der Waals surface area contributed by atoms with Crippen molar-refractivity contribution in [1.29, 1.82) is 0 Å². The molecule has 4 rings (SSSR count). The number of hydrogen-bond acceptors (Lipinski definition) is 4. The van der Waals surface area contributed by atoms with Crippen molar-refractivity contribution in [1.82, 2.24) is 29.5 Å². The van der Waals surface area contributed by atoms with Crippen molar-refractivity contribution < 1.29 is 4.79 Å². The number of amides is 1. The zero-order chi connectivity index (χ0) is 20.6. The third-order valence-corrected chi connectivity index (χ3v) is 4.59. The molecule has 0 spiro atoms. The Hall–Kier alpha value is -3.48. The van der Waals surface area contributed by atoms with E-state index in [1.165, 1.54) is 5.56 Å². The predicted molar refractivity (Wildman–Crippen MR) is 112 cm³/mol. The van der Waals surface area contributed by atoms with Gasteiger partial charge in [0.2, 0.25) is 0 Å². The van der Waals surface area contributed by atoms with Crippen LogP contribution in [0.25, 0.3) is 22.7 Å².